The molecule has 0 radical (unpaired) electrons. The van der Waals surface area contributed by atoms with Crippen LogP contribution < -0.4 is 0 Å². The van der Waals surface area contributed by atoms with Gasteiger partial charge in [0.15, 0.2) is 0 Å². The van der Waals surface area contributed by atoms with E-state index in [1.165, 1.54) is 0 Å². The summed E-state index contributed by atoms with van der Waals surface area (Å²) in [6, 6.07) is 6.53. The quantitative estimate of drug-likeness (QED) is 0.789. The van der Waals surface area contributed by atoms with Crippen LogP contribution in [0, 0.1) is 37.0 Å². The number of aromatic hydroxyl groups is 1. The summed E-state index contributed by atoms with van der Waals surface area (Å²) in [5.74, 6) is 7.24. The number of phenolic OH excluding ortho intramolecular Hbond substituents is 1. The van der Waals surface area contributed by atoms with Gasteiger partial charge in [-0.1, -0.05) is 12.1 Å². The minimum absolute atomic E-state index is 0.129. The fraction of sp³-hybridized carbons (Fsp3) is 0.294. The molecule has 0 amide bonds. The van der Waals surface area contributed by atoms with E-state index in [1.54, 1.807) is 24.3 Å². The molecule has 0 heterocycles. The van der Waals surface area contributed by atoms with Crippen LogP contribution in [0.1, 0.15) is 30.7 Å². The molecule has 0 fully saturated rings. The average molecular weight is 252 g/mol. The van der Waals surface area contributed by atoms with Crippen LogP contribution in [0.4, 0.5) is 0 Å². The molecule has 0 aliphatic heterocycles. The number of terminal acetylenes is 3. The van der Waals surface area contributed by atoms with Crippen LogP contribution in [0.2, 0.25) is 0 Å². The molecule has 0 aromatic heterocycles. The van der Waals surface area contributed by atoms with Crippen molar-refractivity contribution >= 4 is 0 Å². The Morgan fingerprint density at radius 1 is 1.00 bits per heavy atom. The van der Waals surface area contributed by atoms with E-state index in [-0.39, 0.29) is 24.5 Å². The molecule has 1 unspecified atom stereocenters. The summed E-state index contributed by atoms with van der Waals surface area (Å²) in [5.41, 5.74) is -0.420. The van der Waals surface area contributed by atoms with Gasteiger partial charge in [0.2, 0.25) is 0 Å². The molecule has 19 heavy (non-hydrogen) atoms. The Hall–Kier alpha value is -2.34. The maximum atomic E-state index is 10.7. The predicted octanol–water partition coefficient (Wildman–Crippen LogP) is 2.28. The Morgan fingerprint density at radius 3 is 1.95 bits per heavy atom. The highest BCUT2D eigenvalue weighted by molar-refractivity contribution is 5.32. The highest BCUT2D eigenvalue weighted by atomic mass is 16.3. The Labute approximate surface area is 114 Å². The first-order valence-electron chi connectivity index (χ1n) is 5.89. The third-order valence-electron chi connectivity index (χ3n) is 3.08. The molecule has 2 nitrogen and oxygen atoms in total. The number of hydrogen-bond donors (Lipinski definition) is 2. The molecule has 0 aliphatic carbocycles. The van der Waals surface area contributed by atoms with E-state index in [0.29, 0.717) is 6.42 Å². The first-order valence-corrected chi connectivity index (χ1v) is 5.89. The van der Waals surface area contributed by atoms with Gasteiger partial charge in [0.25, 0.3) is 0 Å². The maximum absolute atomic E-state index is 10.7. The predicted molar refractivity (Wildman–Crippen MR) is 76.1 cm³/mol. The number of hydrogen-bond acceptors (Lipinski definition) is 2. The van der Waals surface area contributed by atoms with Gasteiger partial charge in [-0.25, -0.2) is 0 Å². The van der Waals surface area contributed by atoms with Crippen LogP contribution in [0.25, 0.3) is 0 Å². The van der Waals surface area contributed by atoms with Gasteiger partial charge in [0.1, 0.15) is 5.75 Å². The van der Waals surface area contributed by atoms with E-state index in [4.69, 9.17) is 19.3 Å². The highest BCUT2D eigenvalue weighted by Gasteiger charge is 2.36. The van der Waals surface area contributed by atoms with Crippen molar-refractivity contribution in [2.45, 2.75) is 30.8 Å². The average Bonchev–Trinajstić information content (AvgIpc) is 2.38. The standard InChI is InChI=1S/C17H16O2/c1-4-7-16(14-8-10-15(18)11-9-14)17(19,12-5-2)13-6-3/h1-3,8-11,16,18-19H,7,12-13H2. The van der Waals surface area contributed by atoms with E-state index < -0.39 is 5.60 Å². The third kappa shape index (κ3) is 3.56. The Bertz CT molecular complexity index is 519. The molecule has 1 atom stereocenters. The summed E-state index contributed by atoms with van der Waals surface area (Å²) in [6.45, 7) is 0. The number of rotatable bonds is 5. The summed E-state index contributed by atoms with van der Waals surface area (Å²) >= 11 is 0. The van der Waals surface area contributed by atoms with Gasteiger partial charge in [-0.3, -0.25) is 0 Å². The molecule has 2 N–H and O–H groups in total. The van der Waals surface area contributed by atoms with Crippen molar-refractivity contribution in [1.29, 1.82) is 0 Å². The lowest BCUT2D eigenvalue weighted by Gasteiger charge is -2.33. The van der Waals surface area contributed by atoms with Gasteiger partial charge >= 0.3 is 0 Å². The van der Waals surface area contributed by atoms with Crippen LogP contribution in [-0.2, 0) is 0 Å². The van der Waals surface area contributed by atoms with Crippen molar-refractivity contribution in [2.24, 2.45) is 0 Å². The summed E-state index contributed by atoms with van der Waals surface area (Å²) in [7, 11) is 0. The largest absolute Gasteiger partial charge is 0.508 e. The first-order chi connectivity index (χ1) is 9.07. The fourth-order valence-corrected chi connectivity index (χ4v) is 2.10. The Balaban J connectivity index is 3.18. The maximum Gasteiger partial charge on any atom is 0.115 e. The van der Waals surface area contributed by atoms with E-state index in [1.807, 2.05) is 0 Å². The van der Waals surface area contributed by atoms with E-state index in [9.17, 15) is 10.2 Å². The van der Waals surface area contributed by atoms with Gasteiger partial charge in [0.05, 0.1) is 5.60 Å². The monoisotopic (exact) mass is 252 g/mol. The summed E-state index contributed by atoms with van der Waals surface area (Å²) < 4.78 is 0. The molecule has 1 aromatic carbocycles. The lowest BCUT2D eigenvalue weighted by molar-refractivity contribution is 0.0227. The summed E-state index contributed by atoms with van der Waals surface area (Å²) in [6.07, 6.45) is 16.6. The molecule has 96 valence electrons. The van der Waals surface area contributed by atoms with Crippen LogP contribution in [0.15, 0.2) is 24.3 Å². The Kier molecular flexibility index (Phi) is 5.08. The van der Waals surface area contributed by atoms with Crippen molar-refractivity contribution in [3.05, 3.63) is 29.8 Å². The van der Waals surface area contributed by atoms with E-state index in [2.05, 4.69) is 17.8 Å². The van der Waals surface area contributed by atoms with Crippen LogP contribution in [-0.4, -0.2) is 15.8 Å². The number of aliphatic hydroxyl groups is 1. The molecule has 0 saturated heterocycles. The van der Waals surface area contributed by atoms with Gasteiger partial charge < -0.3 is 10.2 Å². The van der Waals surface area contributed by atoms with Gasteiger partial charge in [-0.05, 0) is 17.7 Å². The zero-order chi connectivity index (χ0) is 14.3. The first kappa shape index (κ1) is 14.7. The van der Waals surface area contributed by atoms with Crippen LogP contribution >= 0.6 is 0 Å². The summed E-state index contributed by atoms with van der Waals surface area (Å²) in [4.78, 5) is 0. The second-order valence-corrected chi connectivity index (χ2v) is 4.42. The number of benzene rings is 1. The van der Waals surface area contributed by atoms with Gasteiger partial charge in [-0.2, -0.15) is 0 Å². The molecule has 0 bridgehead atoms. The lowest BCUT2D eigenvalue weighted by atomic mass is 9.76. The molecule has 2 heteroatoms. The molecular formula is C17H16O2. The molecular weight excluding hydrogens is 236 g/mol. The second-order valence-electron chi connectivity index (χ2n) is 4.42. The normalized spacial score (nSPS) is 11.9. The Morgan fingerprint density at radius 2 is 1.53 bits per heavy atom. The van der Waals surface area contributed by atoms with Crippen molar-refractivity contribution < 1.29 is 10.2 Å². The molecule has 1 aromatic rings. The van der Waals surface area contributed by atoms with Crippen molar-refractivity contribution in [3.8, 4) is 42.8 Å². The van der Waals surface area contributed by atoms with Crippen molar-refractivity contribution in [2.75, 3.05) is 0 Å². The fourth-order valence-electron chi connectivity index (χ4n) is 2.10. The van der Waals surface area contributed by atoms with Crippen molar-refractivity contribution in [3.63, 3.8) is 0 Å². The number of phenols is 1. The van der Waals surface area contributed by atoms with E-state index in [0.717, 1.165) is 5.56 Å². The van der Waals surface area contributed by atoms with Gasteiger partial charge in [0, 0.05) is 25.2 Å². The van der Waals surface area contributed by atoms with Crippen LogP contribution in [0.3, 0.4) is 0 Å². The zero-order valence-electron chi connectivity index (χ0n) is 10.6. The smallest absolute Gasteiger partial charge is 0.115 e. The third-order valence-corrected chi connectivity index (χ3v) is 3.08. The summed E-state index contributed by atoms with van der Waals surface area (Å²) in [5, 5.41) is 20.0. The molecule has 1 rings (SSSR count). The highest BCUT2D eigenvalue weighted by Crippen LogP contribution is 2.36. The second kappa shape index (κ2) is 6.55. The molecule has 0 saturated carbocycles. The minimum atomic E-state index is -1.23. The topological polar surface area (TPSA) is 40.5 Å². The zero-order valence-corrected chi connectivity index (χ0v) is 10.6. The molecule has 0 spiro atoms. The molecule has 0 aliphatic rings. The van der Waals surface area contributed by atoms with Crippen molar-refractivity contribution in [1.82, 2.24) is 0 Å². The van der Waals surface area contributed by atoms with Gasteiger partial charge in [-0.15, -0.1) is 37.0 Å². The SMILES string of the molecule is C#CCC(c1ccc(O)cc1)C(O)(CC#C)CC#C. The van der Waals surface area contributed by atoms with E-state index >= 15 is 0 Å². The lowest BCUT2D eigenvalue weighted by Crippen LogP contribution is -2.35. The minimum Gasteiger partial charge on any atom is -0.508 e. The van der Waals surface area contributed by atoms with Crippen LogP contribution in [0.5, 0.6) is 5.75 Å².